The average molecular weight is 209 g/mol. The number of esters is 1. The summed E-state index contributed by atoms with van der Waals surface area (Å²) in [7, 11) is 1.35. The first-order valence-corrected chi connectivity index (χ1v) is 4.69. The summed E-state index contributed by atoms with van der Waals surface area (Å²) in [5.74, 6) is -0.364. The van der Waals surface area contributed by atoms with E-state index in [0.717, 1.165) is 10.6 Å². The zero-order valence-corrected chi connectivity index (χ0v) is 8.21. The third-order valence-electron chi connectivity index (χ3n) is 1.66. The number of carbonyl (C=O) groups is 1. The predicted molar refractivity (Wildman–Crippen MR) is 51.2 cm³/mol. The van der Waals surface area contributed by atoms with Crippen molar-refractivity contribution in [3.63, 3.8) is 0 Å². The Kier molecular flexibility index (Phi) is 2.32. The molecule has 0 aliphatic rings. The number of carbonyl (C=O) groups excluding carboxylic acids is 1. The summed E-state index contributed by atoms with van der Waals surface area (Å²) in [5, 5.41) is 0.749. The average Bonchev–Trinajstić information content (AvgIpc) is 2.86. The van der Waals surface area contributed by atoms with Gasteiger partial charge in [0.1, 0.15) is 16.1 Å². The van der Waals surface area contributed by atoms with Gasteiger partial charge >= 0.3 is 5.97 Å². The molecule has 72 valence electrons. The lowest BCUT2D eigenvalue weighted by Gasteiger charge is -1.90. The second-order valence-corrected chi connectivity index (χ2v) is 3.56. The Morgan fingerprint density at radius 2 is 2.50 bits per heavy atom. The van der Waals surface area contributed by atoms with Crippen molar-refractivity contribution in [3.05, 3.63) is 29.7 Å². The van der Waals surface area contributed by atoms with Gasteiger partial charge in [-0.25, -0.2) is 9.78 Å². The zero-order chi connectivity index (χ0) is 9.97. The van der Waals surface area contributed by atoms with E-state index in [-0.39, 0.29) is 5.97 Å². The summed E-state index contributed by atoms with van der Waals surface area (Å²) < 4.78 is 9.49. The smallest absolute Gasteiger partial charge is 0.349 e. The number of methoxy groups -OCH3 is 1. The van der Waals surface area contributed by atoms with Crippen LogP contribution < -0.4 is 0 Å². The molecular formula is C9H7NO3S. The minimum atomic E-state index is -0.364. The van der Waals surface area contributed by atoms with Crippen molar-refractivity contribution in [2.75, 3.05) is 7.11 Å². The van der Waals surface area contributed by atoms with Gasteiger partial charge < -0.3 is 9.15 Å². The topological polar surface area (TPSA) is 52.3 Å². The maximum absolute atomic E-state index is 11.1. The summed E-state index contributed by atoms with van der Waals surface area (Å²) in [6.07, 6.45) is 4.65. The molecule has 0 aromatic carbocycles. The van der Waals surface area contributed by atoms with E-state index < -0.39 is 0 Å². The Morgan fingerprint density at radius 3 is 3.14 bits per heavy atom. The van der Waals surface area contributed by atoms with E-state index in [4.69, 9.17) is 4.42 Å². The van der Waals surface area contributed by atoms with Gasteiger partial charge in [0.05, 0.1) is 19.6 Å². The molecule has 0 saturated heterocycles. The van der Waals surface area contributed by atoms with Gasteiger partial charge in [-0.2, -0.15) is 0 Å². The maximum atomic E-state index is 11.1. The largest absolute Gasteiger partial charge is 0.472 e. The number of thiazole rings is 1. The molecule has 0 N–H and O–H groups in total. The van der Waals surface area contributed by atoms with Gasteiger partial charge in [-0.05, 0) is 6.07 Å². The van der Waals surface area contributed by atoms with E-state index in [9.17, 15) is 4.79 Å². The Morgan fingerprint density at radius 1 is 1.64 bits per heavy atom. The number of hydrogen-bond acceptors (Lipinski definition) is 5. The molecular weight excluding hydrogens is 202 g/mol. The van der Waals surface area contributed by atoms with Crippen molar-refractivity contribution in [3.8, 4) is 10.6 Å². The molecule has 0 saturated carbocycles. The van der Waals surface area contributed by atoms with Crippen molar-refractivity contribution in [2.24, 2.45) is 0 Å². The maximum Gasteiger partial charge on any atom is 0.349 e. The standard InChI is InChI=1S/C9H7NO3S/c1-12-9(11)7-4-10-8(14-7)6-2-3-13-5-6/h2-5H,1H3. The molecule has 0 aliphatic carbocycles. The van der Waals surface area contributed by atoms with Crippen LogP contribution in [-0.2, 0) is 4.74 Å². The fraction of sp³-hybridized carbons (Fsp3) is 0.111. The minimum absolute atomic E-state index is 0.364. The number of rotatable bonds is 2. The monoisotopic (exact) mass is 209 g/mol. The SMILES string of the molecule is COC(=O)c1cnc(-c2ccoc2)s1. The van der Waals surface area contributed by atoms with Crippen LogP contribution in [0.3, 0.4) is 0 Å². The van der Waals surface area contributed by atoms with Crippen molar-refractivity contribution >= 4 is 17.3 Å². The lowest BCUT2D eigenvalue weighted by molar-refractivity contribution is 0.0606. The Hall–Kier alpha value is -1.62. The fourth-order valence-electron chi connectivity index (χ4n) is 0.989. The molecule has 2 heterocycles. The normalized spacial score (nSPS) is 10.1. The number of nitrogens with zero attached hydrogens (tertiary/aromatic N) is 1. The summed E-state index contributed by atoms with van der Waals surface area (Å²) in [6.45, 7) is 0. The van der Waals surface area contributed by atoms with Crippen molar-refractivity contribution < 1.29 is 13.9 Å². The van der Waals surface area contributed by atoms with Crippen molar-refractivity contribution in [1.29, 1.82) is 0 Å². The van der Waals surface area contributed by atoms with Crippen LogP contribution >= 0.6 is 11.3 Å². The first-order chi connectivity index (χ1) is 6.81. The highest BCUT2D eigenvalue weighted by Crippen LogP contribution is 2.25. The highest BCUT2D eigenvalue weighted by molar-refractivity contribution is 7.16. The molecule has 2 aromatic heterocycles. The summed E-state index contributed by atoms with van der Waals surface area (Å²) in [6, 6.07) is 1.79. The van der Waals surface area contributed by atoms with Gasteiger partial charge in [0.25, 0.3) is 0 Å². The molecule has 4 nitrogen and oxygen atoms in total. The van der Waals surface area contributed by atoms with E-state index in [1.54, 1.807) is 18.6 Å². The highest BCUT2D eigenvalue weighted by atomic mass is 32.1. The van der Waals surface area contributed by atoms with E-state index in [1.165, 1.54) is 24.6 Å². The van der Waals surface area contributed by atoms with Crippen LogP contribution in [-0.4, -0.2) is 18.1 Å². The molecule has 0 fully saturated rings. The van der Waals surface area contributed by atoms with Crippen LogP contribution in [0, 0.1) is 0 Å². The first kappa shape index (κ1) is 8.96. The van der Waals surface area contributed by atoms with Crippen LogP contribution in [0.1, 0.15) is 9.67 Å². The van der Waals surface area contributed by atoms with E-state index in [1.807, 2.05) is 0 Å². The van der Waals surface area contributed by atoms with Crippen molar-refractivity contribution in [1.82, 2.24) is 4.98 Å². The molecule has 5 heteroatoms. The number of hydrogen-bond donors (Lipinski definition) is 0. The molecule has 0 radical (unpaired) electrons. The molecule has 0 aliphatic heterocycles. The van der Waals surface area contributed by atoms with Gasteiger partial charge in [0.2, 0.25) is 0 Å². The highest BCUT2D eigenvalue weighted by Gasteiger charge is 2.11. The third kappa shape index (κ3) is 1.54. The number of furan rings is 1. The Bertz CT molecular complexity index is 433. The van der Waals surface area contributed by atoms with E-state index in [0.29, 0.717) is 4.88 Å². The second kappa shape index (κ2) is 3.63. The molecule has 2 aromatic rings. The van der Waals surface area contributed by atoms with Gasteiger partial charge in [-0.15, -0.1) is 11.3 Å². The first-order valence-electron chi connectivity index (χ1n) is 3.88. The Labute approximate surface area is 84.1 Å². The fourth-order valence-corrected chi connectivity index (χ4v) is 1.81. The van der Waals surface area contributed by atoms with Gasteiger partial charge in [-0.3, -0.25) is 0 Å². The second-order valence-electron chi connectivity index (χ2n) is 2.53. The third-order valence-corrected chi connectivity index (χ3v) is 2.69. The predicted octanol–water partition coefficient (Wildman–Crippen LogP) is 2.19. The quantitative estimate of drug-likeness (QED) is 0.711. The molecule has 0 atom stereocenters. The van der Waals surface area contributed by atoms with Crippen molar-refractivity contribution in [2.45, 2.75) is 0 Å². The molecule has 0 spiro atoms. The lowest BCUT2D eigenvalue weighted by Crippen LogP contribution is -1.96. The van der Waals surface area contributed by atoms with Crippen LogP contribution in [0.15, 0.2) is 29.2 Å². The minimum Gasteiger partial charge on any atom is -0.472 e. The molecule has 0 amide bonds. The van der Waals surface area contributed by atoms with E-state index >= 15 is 0 Å². The summed E-state index contributed by atoms with van der Waals surface area (Å²) in [5.41, 5.74) is 0.866. The molecule has 14 heavy (non-hydrogen) atoms. The summed E-state index contributed by atoms with van der Waals surface area (Å²) >= 11 is 1.28. The van der Waals surface area contributed by atoms with Crippen LogP contribution in [0.5, 0.6) is 0 Å². The van der Waals surface area contributed by atoms with Gasteiger partial charge in [0, 0.05) is 5.56 Å². The number of aromatic nitrogens is 1. The van der Waals surface area contributed by atoms with Crippen LogP contribution in [0.25, 0.3) is 10.6 Å². The van der Waals surface area contributed by atoms with Gasteiger partial charge in [-0.1, -0.05) is 0 Å². The van der Waals surface area contributed by atoms with Gasteiger partial charge in [0.15, 0.2) is 0 Å². The molecule has 0 bridgehead atoms. The van der Waals surface area contributed by atoms with Crippen LogP contribution in [0.4, 0.5) is 0 Å². The molecule has 0 unspecified atom stereocenters. The number of ether oxygens (including phenoxy) is 1. The lowest BCUT2D eigenvalue weighted by atomic mass is 10.4. The Balaban J connectivity index is 2.31. The zero-order valence-electron chi connectivity index (χ0n) is 7.39. The summed E-state index contributed by atoms with van der Waals surface area (Å²) in [4.78, 5) is 15.7. The van der Waals surface area contributed by atoms with Crippen LogP contribution in [0.2, 0.25) is 0 Å². The van der Waals surface area contributed by atoms with E-state index in [2.05, 4.69) is 9.72 Å². The molecule has 2 rings (SSSR count).